The Morgan fingerprint density at radius 2 is 2.18 bits per heavy atom. The highest BCUT2D eigenvalue weighted by molar-refractivity contribution is 7.99. The van der Waals surface area contributed by atoms with Gasteiger partial charge in [0.15, 0.2) is 0 Å². The summed E-state index contributed by atoms with van der Waals surface area (Å²) in [5, 5.41) is 2.98. The first-order valence-corrected chi connectivity index (χ1v) is 6.70. The molecular weight excluding hydrogens is 234 g/mol. The SMILES string of the molecule is CCOC(=O)C(CSc1ccccc1C)NC. The second kappa shape index (κ2) is 7.35. The number of ether oxygens (including phenoxy) is 1. The normalized spacial score (nSPS) is 12.2. The zero-order valence-corrected chi connectivity index (χ0v) is 11.3. The van der Waals surface area contributed by atoms with Crippen LogP contribution in [0.5, 0.6) is 0 Å². The number of esters is 1. The zero-order chi connectivity index (χ0) is 12.7. The van der Waals surface area contributed by atoms with Crippen LogP contribution in [0.1, 0.15) is 12.5 Å². The molecule has 1 aromatic rings. The lowest BCUT2D eigenvalue weighted by Gasteiger charge is -2.14. The van der Waals surface area contributed by atoms with Gasteiger partial charge >= 0.3 is 5.97 Å². The molecule has 1 atom stereocenters. The molecule has 0 aliphatic heterocycles. The molecule has 0 saturated heterocycles. The van der Waals surface area contributed by atoms with Gasteiger partial charge in [0.05, 0.1) is 6.61 Å². The number of carbonyl (C=O) groups excluding carboxylic acids is 1. The largest absolute Gasteiger partial charge is 0.465 e. The number of hydrogen-bond donors (Lipinski definition) is 1. The molecule has 4 heteroatoms. The third kappa shape index (κ3) is 4.40. The van der Waals surface area contributed by atoms with Crippen LogP contribution in [0.3, 0.4) is 0 Å². The van der Waals surface area contributed by atoms with Gasteiger partial charge in [-0.05, 0) is 32.5 Å². The van der Waals surface area contributed by atoms with Crippen LogP contribution in [-0.2, 0) is 9.53 Å². The van der Waals surface area contributed by atoms with Crippen molar-refractivity contribution >= 4 is 17.7 Å². The smallest absolute Gasteiger partial charge is 0.323 e. The summed E-state index contributed by atoms with van der Waals surface area (Å²) in [6, 6.07) is 7.91. The predicted molar refractivity (Wildman–Crippen MR) is 71.4 cm³/mol. The van der Waals surface area contributed by atoms with E-state index in [-0.39, 0.29) is 12.0 Å². The second-order valence-electron chi connectivity index (χ2n) is 3.67. The number of likely N-dealkylation sites (N-methyl/N-ethyl adjacent to an activating group) is 1. The number of rotatable bonds is 6. The van der Waals surface area contributed by atoms with E-state index >= 15 is 0 Å². The van der Waals surface area contributed by atoms with Crippen molar-refractivity contribution < 1.29 is 9.53 Å². The van der Waals surface area contributed by atoms with E-state index in [0.29, 0.717) is 12.4 Å². The summed E-state index contributed by atoms with van der Waals surface area (Å²) < 4.78 is 5.00. The van der Waals surface area contributed by atoms with Crippen molar-refractivity contribution in [1.82, 2.24) is 5.32 Å². The third-order valence-corrected chi connectivity index (χ3v) is 3.69. The molecule has 0 aliphatic carbocycles. The van der Waals surface area contributed by atoms with Gasteiger partial charge in [0.2, 0.25) is 0 Å². The fourth-order valence-electron chi connectivity index (χ4n) is 1.40. The molecule has 94 valence electrons. The average Bonchev–Trinajstić information content (AvgIpc) is 2.32. The van der Waals surface area contributed by atoms with E-state index in [1.165, 1.54) is 10.5 Å². The van der Waals surface area contributed by atoms with E-state index in [9.17, 15) is 4.79 Å². The van der Waals surface area contributed by atoms with E-state index < -0.39 is 0 Å². The lowest BCUT2D eigenvalue weighted by molar-refractivity contribution is -0.144. The van der Waals surface area contributed by atoms with Gasteiger partial charge in [0, 0.05) is 10.6 Å². The molecule has 0 amide bonds. The van der Waals surface area contributed by atoms with Crippen molar-refractivity contribution in [1.29, 1.82) is 0 Å². The molecule has 1 N–H and O–H groups in total. The lowest BCUT2D eigenvalue weighted by atomic mass is 10.2. The first kappa shape index (κ1) is 14.1. The molecular formula is C13H19NO2S. The van der Waals surface area contributed by atoms with Gasteiger partial charge in [-0.25, -0.2) is 0 Å². The van der Waals surface area contributed by atoms with Crippen LogP contribution in [0.4, 0.5) is 0 Å². The Morgan fingerprint density at radius 3 is 2.76 bits per heavy atom. The average molecular weight is 253 g/mol. The molecule has 0 bridgehead atoms. The monoisotopic (exact) mass is 253 g/mol. The van der Waals surface area contributed by atoms with Gasteiger partial charge in [-0.15, -0.1) is 11.8 Å². The van der Waals surface area contributed by atoms with Crippen molar-refractivity contribution in [3.8, 4) is 0 Å². The Morgan fingerprint density at radius 1 is 1.47 bits per heavy atom. The standard InChI is InChI=1S/C13H19NO2S/c1-4-16-13(15)11(14-3)9-17-12-8-6-5-7-10(12)2/h5-8,11,14H,4,9H2,1-3H3. The number of nitrogens with one attached hydrogen (secondary N) is 1. The van der Waals surface area contributed by atoms with Crippen LogP contribution in [0.15, 0.2) is 29.2 Å². The first-order chi connectivity index (χ1) is 8.19. The van der Waals surface area contributed by atoms with E-state index in [4.69, 9.17) is 4.74 Å². The third-order valence-electron chi connectivity index (χ3n) is 2.42. The van der Waals surface area contributed by atoms with Crippen LogP contribution in [0.2, 0.25) is 0 Å². The minimum Gasteiger partial charge on any atom is -0.465 e. The maximum absolute atomic E-state index is 11.6. The van der Waals surface area contributed by atoms with Crippen molar-refractivity contribution in [3.05, 3.63) is 29.8 Å². The zero-order valence-electron chi connectivity index (χ0n) is 10.5. The topological polar surface area (TPSA) is 38.3 Å². The predicted octanol–water partition coefficient (Wildman–Crippen LogP) is 2.24. The summed E-state index contributed by atoms with van der Waals surface area (Å²) in [6.45, 7) is 4.31. The Bertz CT molecular complexity index is 368. The number of hydrogen-bond acceptors (Lipinski definition) is 4. The van der Waals surface area contributed by atoms with Crippen molar-refractivity contribution in [2.75, 3.05) is 19.4 Å². The fraction of sp³-hybridized carbons (Fsp3) is 0.462. The summed E-state index contributed by atoms with van der Waals surface area (Å²) in [5.41, 5.74) is 1.23. The molecule has 0 spiro atoms. The molecule has 0 radical (unpaired) electrons. The molecule has 1 rings (SSSR count). The Labute approximate surface area is 107 Å². The Kier molecular flexibility index (Phi) is 6.08. The van der Waals surface area contributed by atoms with E-state index in [1.807, 2.05) is 19.1 Å². The number of aryl methyl sites for hydroxylation is 1. The van der Waals surface area contributed by atoms with Crippen LogP contribution < -0.4 is 5.32 Å². The molecule has 3 nitrogen and oxygen atoms in total. The van der Waals surface area contributed by atoms with Gasteiger partial charge in [-0.3, -0.25) is 4.79 Å². The molecule has 1 aromatic carbocycles. The molecule has 0 fully saturated rings. The highest BCUT2D eigenvalue weighted by Crippen LogP contribution is 2.22. The van der Waals surface area contributed by atoms with Gasteiger partial charge in [-0.2, -0.15) is 0 Å². The molecule has 0 aromatic heterocycles. The Balaban J connectivity index is 2.53. The first-order valence-electron chi connectivity index (χ1n) is 5.71. The van der Waals surface area contributed by atoms with Gasteiger partial charge in [-0.1, -0.05) is 18.2 Å². The summed E-state index contributed by atoms with van der Waals surface area (Å²) in [7, 11) is 1.78. The molecule has 17 heavy (non-hydrogen) atoms. The molecule has 0 heterocycles. The second-order valence-corrected chi connectivity index (χ2v) is 4.73. The number of carbonyl (C=O) groups is 1. The maximum atomic E-state index is 11.6. The highest BCUT2D eigenvalue weighted by atomic mass is 32.2. The van der Waals surface area contributed by atoms with E-state index in [1.54, 1.807) is 18.8 Å². The maximum Gasteiger partial charge on any atom is 0.323 e. The van der Waals surface area contributed by atoms with E-state index in [2.05, 4.69) is 24.4 Å². The van der Waals surface area contributed by atoms with Gasteiger partial charge in [0.1, 0.15) is 6.04 Å². The van der Waals surface area contributed by atoms with Crippen LogP contribution >= 0.6 is 11.8 Å². The lowest BCUT2D eigenvalue weighted by Crippen LogP contribution is -2.37. The summed E-state index contributed by atoms with van der Waals surface area (Å²) in [4.78, 5) is 12.8. The molecule has 1 unspecified atom stereocenters. The number of benzene rings is 1. The van der Waals surface area contributed by atoms with Gasteiger partial charge in [0.25, 0.3) is 0 Å². The minimum absolute atomic E-state index is 0.184. The molecule has 0 saturated carbocycles. The van der Waals surface area contributed by atoms with Crippen molar-refractivity contribution in [2.24, 2.45) is 0 Å². The summed E-state index contributed by atoms with van der Waals surface area (Å²) in [6.07, 6.45) is 0. The summed E-state index contributed by atoms with van der Waals surface area (Å²) in [5.74, 6) is 0.497. The highest BCUT2D eigenvalue weighted by Gasteiger charge is 2.17. The van der Waals surface area contributed by atoms with Crippen LogP contribution in [-0.4, -0.2) is 31.4 Å². The summed E-state index contributed by atoms with van der Waals surface area (Å²) >= 11 is 1.67. The fourth-order valence-corrected chi connectivity index (χ4v) is 2.52. The van der Waals surface area contributed by atoms with Gasteiger partial charge < -0.3 is 10.1 Å². The van der Waals surface area contributed by atoms with Crippen LogP contribution in [0, 0.1) is 6.92 Å². The van der Waals surface area contributed by atoms with E-state index in [0.717, 1.165) is 0 Å². The molecule has 0 aliphatic rings. The Hall–Kier alpha value is -1.00. The van der Waals surface area contributed by atoms with Crippen molar-refractivity contribution in [3.63, 3.8) is 0 Å². The number of thioether (sulfide) groups is 1. The van der Waals surface area contributed by atoms with Crippen LogP contribution in [0.25, 0.3) is 0 Å². The quantitative estimate of drug-likeness (QED) is 0.623. The minimum atomic E-state index is -0.250. The van der Waals surface area contributed by atoms with Crippen molar-refractivity contribution in [2.45, 2.75) is 24.8 Å².